The quantitative estimate of drug-likeness (QED) is 0.882. The van der Waals surface area contributed by atoms with Crippen molar-refractivity contribution < 1.29 is 4.74 Å². The van der Waals surface area contributed by atoms with Crippen molar-refractivity contribution >= 4 is 40.8 Å². The zero-order chi connectivity index (χ0) is 14.5. The van der Waals surface area contributed by atoms with Crippen molar-refractivity contribution in [3.05, 3.63) is 28.2 Å². The summed E-state index contributed by atoms with van der Waals surface area (Å²) in [7, 11) is 1.49. The summed E-state index contributed by atoms with van der Waals surface area (Å²) in [5.41, 5.74) is 0.645. The molecule has 1 heterocycles. The molecule has 0 spiro atoms. The second-order valence-electron chi connectivity index (χ2n) is 3.75. The first-order valence-electron chi connectivity index (χ1n) is 5.88. The molecule has 20 heavy (non-hydrogen) atoms. The molecule has 2 aromatic rings. The Morgan fingerprint density at radius 3 is 2.55 bits per heavy atom. The molecule has 0 unspecified atom stereocenters. The van der Waals surface area contributed by atoms with Gasteiger partial charge >= 0.3 is 6.01 Å². The Labute approximate surface area is 126 Å². The molecule has 0 fully saturated rings. The highest BCUT2D eigenvalue weighted by Crippen LogP contribution is 2.27. The number of halogens is 2. The van der Waals surface area contributed by atoms with Gasteiger partial charge in [-0.25, -0.2) is 0 Å². The third kappa shape index (κ3) is 3.61. The second kappa shape index (κ2) is 6.58. The highest BCUT2D eigenvalue weighted by molar-refractivity contribution is 6.36. The number of ether oxygens (including phenoxy) is 1. The van der Waals surface area contributed by atoms with Crippen LogP contribution < -0.4 is 15.4 Å². The summed E-state index contributed by atoms with van der Waals surface area (Å²) in [6.45, 7) is 2.63. The Hall–Kier alpha value is -1.79. The molecule has 0 saturated heterocycles. The molecule has 0 aliphatic rings. The zero-order valence-electron chi connectivity index (χ0n) is 10.9. The summed E-state index contributed by atoms with van der Waals surface area (Å²) >= 11 is 11.9. The van der Waals surface area contributed by atoms with Gasteiger partial charge < -0.3 is 15.4 Å². The molecular weight excluding hydrogens is 301 g/mol. The fourth-order valence-electron chi connectivity index (χ4n) is 1.45. The predicted octanol–water partition coefficient (Wildman–Crippen LogP) is 3.36. The van der Waals surface area contributed by atoms with Crippen LogP contribution in [0.5, 0.6) is 6.01 Å². The van der Waals surface area contributed by atoms with Crippen molar-refractivity contribution in [1.29, 1.82) is 0 Å². The Bertz CT molecular complexity index is 608. The number of nitrogens with one attached hydrogen (secondary N) is 2. The van der Waals surface area contributed by atoms with Crippen LogP contribution in [0.25, 0.3) is 0 Å². The van der Waals surface area contributed by atoms with Crippen molar-refractivity contribution in [1.82, 2.24) is 15.0 Å². The van der Waals surface area contributed by atoms with Crippen molar-refractivity contribution in [2.24, 2.45) is 0 Å². The van der Waals surface area contributed by atoms with Gasteiger partial charge in [-0.1, -0.05) is 23.2 Å². The van der Waals surface area contributed by atoms with Gasteiger partial charge in [-0.05, 0) is 25.1 Å². The van der Waals surface area contributed by atoms with E-state index >= 15 is 0 Å². The van der Waals surface area contributed by atoms with Gasteiger partial charge in [-0.15, -0.1) is 0 Å². The van der Waals surface area contributed by atoms with Crippen molar-refractivity contribution in [3.63, 3.8) is 0 Å². The normalized spacial score (nSPS) is 10.2. The largest absolute Gasteiger partial charge is 0.467 e. The minimum Gasteiger partial charge on any atom is -0.467 e. The van der Waals surface area contributed by atoms with Crippen LogP contribution in [0.3, 0.4) is 0 Å². The monoisotopic (exact) mass is 313 g/mol. The molecule has 0 saturated carbocycles. The van der Waals surface area contributed by atoms with E-state index in [-0.39, 0.29) is 6.01 Å². The average Bonchev–Trinajstić information content (AvgIpc) is 2.42. The number of nitrogens with zero attached hydrogens (tertiary/aromatic N) is 3. The minimum absolute atomic E-state index is 0.212. The number of benzene rings is 1. The lowest BCUT2D eigenvalue weighted by Crippen LogP contribution is -2.08. The first kappa shape index (κ1) is 14.6. The zero-order valence-corrected chi connectivity index (χ0v) is 12.5. The lowest BCUT2D eigenvalue weighted by atomic mass is 10.3. The van der Waals surface area contributed by atoms with E-state index in [2.05, 4.69) is 25.6 Å². The summed E-state index contributed by atoms with van der Waals surface area (Å²) in [5, 5.41) is 7.03. The lowest BCUT2D eigenvalue weighted by Gasteiger charge is -2.09. The van der Waals surface area contributed by atoms with Crippen LogP contribution in [0.2, 0.25) is 10.0 Å². The first-order chi connectivity index (χ1) is 9.62. The predicted molar refractivity (Wildman–Crippen MR) is 80.3 cm³/mol. The van der Waals surface area contributed by atoms with E-state index in [9.17, 15) is 0 Å². The van der Waals surface area contributed by atoms with E-state index < -0.39 is 0 Å². The third-order valence-electron chi connectivity index (χ3n) is 2.31. The van der Waals surface area contributed by atoms with Crippen molar-refractivity contribution in [3.8, 4) is 6.01 Å². The summed E-state index contributed by atoms with van der Waals surface area (Å²) in [4.78, 5) is 12.4. The summed E-state index contributed by atoms with van der Waals surface area (Å²) in [5.74, 6) is 0.754. The SMILES string of the molecule is CCNc1nc(Nc2ccc(Cl)cc2Cl)nc(OC)n1. The van der Waals surface area contributed by atoms with Gasteiger partial charge in [0.15, 0.2) is 0 Å². The molecular formula is C12H13Cl2N5O. The number of methoxy groups -OCH3 is 1. The first-order valence-corrected chi connectivity index (χ1v) is 6.64. The fraction of sp³-hybridized carbons (Fsp3) is 0.250. The molecule has 0 atom stereocenters. The van der Waals surface area contributed by atoms with E-state index in [1.807, 2.05) is 6.92 Å². The van der Waals surface area contributed by atoms with Crippen LogP contribution in [0, 0.1) is 0 Å². The standard InChI is InChI=1S/C12H13Cl2N5O/c1-3-15-10-17-11(19-12(18-10)20-2)16-9-5-4-7(13)6-8(9)14/h4-6H,3H2,1-2H3,(H2,15,16,17,18,19). The molecule has 0 bridgehead atoms. The van der Waals surface area contributed by atoms with Gasteiger partial charge in [0.2, 0.25) is 11.9 Å². The van der Waals surface area contributed by atoms with Crippen molar-refractivity contribution in [2.75, 3.05) is 24.3 Å². The number of rotatable bonds is 5. The summed E-state index contributed by atoms with van der Waals surface area (Å²) < 4.78 is 5.03. The molecule has 1 aromatic carbocycles. The molecule has 106 valence electrons. The topological polar surface area (TPSA) is 72.0 Å². The Balaban J connectivity index is 2.29. The molecule has 1 aromatic heterocycles. The van der Waals surface area contributed by atoms with Gasteiger partial charge in [-0.3, -0.25) is 0 Å². The smallest absolute Gasteiger partial charge is 0.322 e. The van der Waals surface area contributed by atoms with E-state index in [0.717, 1.165) is 0 Å². The van der Waals surface area contributed by atoms with E-state index in [4.69, 9.17) is 27.9 Å². The summed E-state index contributed by atoms with van der Waals surface area (Å²) in [6, 6.07) is 5.31. The molecule has 0 amide bonds. The molecule has 2 rings (SSSR count). The van der Waals surface area contributed by atoms with E-state index in [1.165, 1.54) is 7.11 Å². The molecule has 0 aliphatic carbocycles. The molecule has 0 radical (unpaired) electrons. The van der Waals surface area contributed by atoms with Gasteiger partial charge in [0, 0.05) is 11.6 Å². The molecule has 0 aliphatic heterocycles. The third-order valence-corrected chi connectivity index (χ3v) is 2.86. The second-order valence-corrected chi connectivity index (χ2v) is 4.59. The highest BCUT2D eigenvalue weighted by atomic mass is 35.5. The van der Waals surface area contributed by atoms with Crippen LogP contribution >= 0.6 is 23.2 Å². The number of hydrogen-bond donors (Lipinski definition) is 2. The maximum absolute atomic E-state index is 6.09. The van der Waals surface area contributed by atoms with Crippen LogP contribution in [0.4, 0.5) is 17.6 Å². The number of hydrogen-bond acceptors (Lipinski definition) is 6. The van der Waals surface area contributed by atoms with Gasteiger partial charge in [0.25, 0.3) is 0 Å². The van der Waals surface area contributed by atoms with Crippen LogP contribution in [0.1, 0.15) is 6.92 Å². The van der Waals surface area contributed by atoms with Crippen molar-refractivity contribution in [2.45, 2.75) is 6.92 Å². The lowest BCUT2D eigenvalue weighted by molar-refractivity contribution is 0.379. The maximum atomic E-state index is 6.09. The molecule has 2 N–H and O–H groups in total. The molecule has 6 nitrogen and oxygen atoms in total. The Morgan fingerprint density at radius 1 is 1.15 bits per heavy atom. The molecule has 8 heteroatoms. The maximum Gasteiger partial charge on any atom is 0.322 e. The van der Waals surface area contributed by atoms with E-state index in [1.54, 1.807) is 18.2 Å². The van der Waals surface area contributed by atoms with Gasteiger partial charge in [0.1, 0.15) is 0 Å². The summed E-state index contributed by atoms with van der Waals surface area (Å²) in [6.07, 6.45) is 0. The fourth-order valence-corrected chi connectivity index (χ4v) is 1.91. The average molecular weight is 314 g/mol. The van der Waals surface area contributed by atoms with E-state index in [0.29, 0.717) is 34.2 Å². The van der Waals surface area contributed by atoms with Gasteiger partial charge in [0.05, 0.1) is 17.8 Å². The Kier molecular flexibility index (Phi) is 4.81. The number of anilines is 3. The number of aromatic nitrogens is 3. The van der Waals surface area contributed by atoms with Gasteiger partial charge in [-0.2, -0.15) is 15.0 Å². The Morgan fingerprint density at radius 2 is 1.90 bits per heavy atom. The van der Waals surface area contributed by atoms with Crippen LogP contribution in [-0.4, -0.2) is 28.6 Å². The highest BCUT2D eigenvalue weighted by Gasteiger charge is 2.08. The van der Waals surface area contributed by atoms with Crippen LogP contribution in [-0.2, 0) is 0 Å². The minimum atomic E-state index is 0.212. The van der Waals surface area contributed by atoms with Crippen LogP contribution in [0.15, 0.2) is 18.2 Å².